The Morgan fingerprint density at radius 2 is 1.32 bits per heavy atom. The minimum atomic E-state index is -0.885. The second-order valence-electron chi connectivity index (χ2n) is 5.52. The fourth-order valence-electron chi connectivity index (χ4n) is 3.31. The third-order valence-electron chi connectivity index (χ3n) is 4.30. The zero-order valence-corrected chi connectivity index (χ0v) is 11.9. The summed E-state index contributed by atoms with van der Waals surface area (Å²) in [5, 5.41) is 9.45. The molecule has 0 spiro atoms. The Labute approximate surface area is 128 Å². The van der Waals surface area contributed by atoms with Crippen LogP contribution in [0.15, 0.2) is 66.7 Å². The Morgan fingerprint density at radius 3 is 2.09 bits per heavy atom. The maximum atomic E-state index is 11.5. The average molecular weight is 286 g/mol. The number of rotatable bonds is 2. The van der Waals surface area contributed by atoms with Gasteiger partial charge in [-0.3, -0.25) is 0 Å². The van der Waals surface area contributed by atoms with Crippen molar-refractivity contribution >= 4 is 5.97 Å². The first-order valence-electron chi connectivity index (χ1n) is 7.28. The summed E-state index contributed by atoms with van der Waals surface area (Å²) in [7, 11) is 0. The van der Waals surface area contributed by atoms with E-state index < -0.39 is 5.97 Å². The van der Waals surface area contributed by atoms with Gasteiger partial charge in [-0.25, -0.2) is 4.79 Å². The molecular formula is C20H14O2. The number of hydrogen-bond acceptors (Lipinski definition) is 1. The van der Waals surface area contributed by atoms with Crippen molar-refractivity contribution in [1.82, 2.24) is 0 Å². The molecule has 2 nitrogen and oxygen atoms in total. The minimum absolute atomic E-state index is 0.354. The van der Waals surface area contributed by atoms with Gasteiger partial charge in [-0.1, -0.05) is 60.7 Å². The van der Waals surface area contributed by atoms with Gasteiger partial charge in [0.15, 0.2) is 0 Å². The number of hydrogen-bond donors (Lipinski definition) is 1. The van der Waals surface area contributed by atoms with Crippen LogP contribution in [0.5, 0.6) is 0 Å². The van der Waals surface area contributed by atoms with Crippen LogP contribution in [0.1, 0.15) is 21.5 Å². The molecule has 0 bridgehead atoms. The van der Waals surface area contributed by atoms with Gasteiger partial charge < -0.3 is 5.11 Å². The van der Waals surface area contributed by atoms with E-state index in [1.54, 1.807) is 12.1 Å². The minimum Gasteiger partial charge on any atom is -0.478 e. The monoisotopic (exact) mass is 286 g/mol. The van der Waals surface area contributed by atoms with E-state index in [1.165, 1.54) is 22.3 Å². The lowest BCUT2D eigenvalue weighted by Crippen LogP contribution is -2.00. The number of aromatic carboxylic acids is 1. The Hall–Kier alpha value is -2.87. The van der Waals surface area contributed by atoms with E-state index in [4.69, 9.17) is 0 Å². The number of carbonyl (C=O) groups is 1. The first kappa shape index (κ1) is 12.8. The molecule has 0 heterocycles. The highest BCUT2D eigenvalue weighted by Crippen LogP contribution is 2.42. The van der Waals surface area contributed by atoms with Gasteiger partial charge in [-0.15, -0.1) is 0 Å². The summed E-state index contributed by atoms with van der Waals surface area (Å²) in [5.41, 5.74) is 7.16. The van der Waals surface area contributed by atoms with Crippen molar-refractivity contribution in [1.29, 1.82) is 0 Å². The summed E-state index contributed by atoms with van der Waals surface area (Å²) in [4.78, 5) is 11.5. The molecule has 0 saturated carbocycles. The second kappa shape index (κ2) is 4.85. The molecule has 106 valence electrons. The van der Waals surface area contributed by atoms with Crippen LogP contribution in [-0.4, -0.2) is 11.1 Å². The van der Waals surface area contributed by atoms with Gasteiger partial charge in [0.2, 0.25) is 0 Å². The molecule has 3 aromatic carbocycles. The van der Waals surface area contributed by atoms with Gasteiger partial charge in [-0.05, 0) is 45.9 Å². The van der Waals surface area contributed by atoms with E-state index in [0.717, 1.165) is 17.5 Å². The van der Waals surface area contributed by atoms with E-state index in [9.17, 15) is 9.90 Å². The van der Waals surface area contributed by atoms with Crippen molar-refractivity contribution in [3.63, 3.8) is 0 Å². The lowest BCUT2D eigenvalue weighted by atomic mass is 9.92. The number of fused-ring (bicyclic) bond motifs is 3. The maximum Gasteiger partial charge on any atom is 0.336 e. The molecule has 1 aliphatic carbocycles. The Kier molecular flexibility index (Phi) is 2.83. The quantitative estimate of drug-likeness (QED) is 0.583. The molecule has 0 fully saturated rings. The highest BCUT2D eigenvalue weighted by molar-refractivity contribution is 5.98. The van der Waals surface area contributed by atoms with Gasteiger partial charge >= 0.3 is 5.97 Å². The van der Waals surface area contributed by atoms with Crippen LogP contribution in [0.25, 0.3) is 22.3 Å². The lowest BCUT2D eigenvalue weighted by molar-refractivity contribution is 0.0697. The van der Waals surface area contributed by atoms with Crippen molar-refractivity contribution in [2.75, 3.05) is 0 Å². The van der Waals surface area contributed by atoms with Crippen LogP contribution in [0.2, 0.25) is 0 Å². The normalized spacial score (nSPS) is 11.8. The van der Waals surface area contributed by atoms with Crippen LogP contribution >= 0.6 is 0 Å². The van der Waals surface area contributed by atoms with Crippen molar-refractivity contribution in [3.05, 3.63) is 83.4 Å². The number of benzene rings is 3. The van der Waals surface area contributed by atoms with E-state index in [2.05, 4.69) is 24.3 Å². The van der Waals surface area contributed by atoms with Crippen LogP contribution in [0.3, 0.4) is 0 Å². The van der Waals surface area contributed by atoms with Gasteiger partial charge in [0.25, 0.3) is 0 Å². The third-order valence-corrected chi connectivity index (χ3v) is 4.30. The number of carboxylic acids is 1. The largest absolute Gasteiger partial charge is 0.478 e. The average Bonchev–Trinajstić information content (AvgIpc) is 2.93. The van der Waals surface area contributed by atoms with Crippen molar-refractivity contribution < 1.29 is 9.90 Å². The summed E-state index contributed by atoms with van der Waals surface area (Å²) in [6.45, 7) is 0. The number of carboxylic acid groups (broad SMARTS) is 1. The zero-order chi connectivity index (χ0) is 15.1. The van der Waals surface area contributed by atoms with Crippen molar-refractivity contribution in [2.45, 2.75) is 6.42 Å². The Balaban J connectivity index is 1.96. The molecule has 3 aromatic rings. The molecule has 2 heteroatoms. The Morgan fingerprint density at radius 1 is 0.727 bits per heavy atom. The van der Waals surface area contributed by atoms with Crippen LogP contribution in [0.4, 0.5) is 0 Å². The molecule has 0 unspecified atom stereocenters. The van der Waals surface area contributed by atoms with Gasteiger partial charge in [0.05, 0.1) is 5.56 Å². The van der Waals surface area contributed by atoms with E-state index in [0.29, 0.717) is 5.56 Å². The van der Waals surface area contributed by atoms with Gasteiger partial charge in [0, 0.05) is 0 Å². The summed E-state index contributed by atoms with van der Waals surface area (Å²) < 4.78 is 0. The first-order chi connectivity index (χ1) is 10.8. The summed E-state index contributed by atoms with van der Waals surface area (Å²) in [5.74, 6) is -0.885. The smallest absolute Gasteiger partial charge is 0.336 e. The molecule has 0 aliphatic heterocycles. The van der Waals surface area contributed by atoms with Crippen LogP contribution in [-0.2, 0) is 6.42 Å². The van der Waals surface area contributed by atoms with Crippen LogP contribution in [0, 0.1) is 0 Å². The second-order valence-corrected chi connectivity index (χ2v) is 5.52. The molecular weight excluding hydrogens is 272 g/mol. The topological polar surface area (TPSA) is 37.3 Å². The Bertz CT molecular complexity index is 894. The highest BCUT2D eigenvalue weighted by atomic mass is 16.4. The molecule has 0 saturated heterocycles. The summed E-state index contributed by atoms with van der Waals surface area (Å²) >= 11 is 0. The maximum absolute atomic E-state index is 11.5. The summed E-state index contributed by atoms with van der Waals surface area (Å²) in [6, 6.07) is 21.7. The van der Waals surface area contributed by atoms with E-state index >= 15 is 0 Å². The first-order valence-corrected chi connectivity index (χ1v) is 7.28. The molecule has 0 atom stereocenters. The van der Waals surface area contributed by atoms with Crippen LogP contribution < -0.4 is 0 Å². The standard InChI is InChI=1S/C20H14O2/c21-20(22)18-9-4-3-8-16(18)17-11-5-10-15-14-7-2-1-6-13(14)12-19(15)17/h1-11H,12H2,(H,21,22). The molecule has 0 amide bonds. The fraction of sp³-hybridized carbons (Fsp3) is 0.0500. The SMILES string of the molecule is O=C(O)c1ccccc1-c1cccc2c1Cc1ccccc1-2. The highest BCUT2D eigenvalue weighted by Gasteiger charge is 2.22. The fourth-order valence-corrected chi connectivity index (χ4v) is 3.31. The summed E-state index contributed by atoms with van der Waals surface area (Å²) in [6.07, 6.45) is 0.857. The van der Waals surface area contributed by atoms with Gasteiger partial charge in [0.1, 0.15) is 0 Å². The molecule has 22 heavy (non-hydrogen) atoms. The van der Waals surface area contributed by atoms with Crippen molar-refractivity contribution in [3.8, 4) is 22.3 Å². The van der Waals surface area contributed by atoms with E-state index in [-0.39, 0.29) is 0 Å². The van der Waals surface area contributed by atoms with Crippen molar-refractivity contribution in [2.24, 2.45) is 0 Å². The predicted molar refractivity (Wildman–Crippen MR) is 87.1 cm³/mol. The lowest BCUT2D eigenvalue weighted by Gasteiger charge is -2.11. The molecule has 0 radical (unpaired) electrons. The third kappa shape index (κ3) is 1.85. The predicted octanol–water partition coefficient (Wildman–Crippen LogP) is 4.62. The molecule has 1 N–H and O–H groups in total. The molecule has 0 aromatic heterocycles. The van der Waals surface area contributed by atoms with E-state index in [1.807, 2.05) is 30.3 Å². The van der Waals surface area contributed by atoms with Gasteiger partial charge in [-0.2, -0.15) is 0 Å². The molecule has 4 rings (SSSR count). The molecule has 1 aliphatic rings. The zero-order valence-electron chi connectivity index (χ0n) is 11.9.